The molecule has 0 bridgehead atoms. The van der Waals surface area contributed by atoms with Crippen LogP contribution in [0.15, 0.2) is 54.7 Å². The van der Waals surface area contributed by atoms with Crippen LogP contribution in [0.5, 0.6) is 0 Å². The molecular formula is C21H23N5O. The van der Waals surface area contributed by atoms with Crippen LogP contribution in [0.2, 0.25) is 0 Å². The second kappa shape index (κ2) is 7.70. The van der Waals surface area contributed by atoms with Crippen molar-refractivity contribution >= 4 is 5.91 Å². The first kappa shape index (κ1) is 17.4. The highest BCUT2D eigenvalue weighted by molar-refractivity contribution is 5.83. The van der Waals surface area contributed by atoms with Gasteiger partial charge in [-0.15, -0.1) is 10.2 Å². The maximum Gasteiger partial charge on any atom is 0.232 e. The number of benzene rings is 1. The van der Waals surface area contributed by atoms with Gasteiger partial charge in [-0.05, 0) is 18.6 Å². The van der Waals surface area contributed by atoms with Crippen molar-refractivity contribution < 1.29 is 4.79 Å². The molecule has 2 aromatic heterocycles. The number of nitrogens with zero attached hydrogens (tertiary/aromatic N) is 5. The van der Waals surface area contributed by atoms with Crippen molar-refractivity contribution in [2.75, 3.05) is 6.54 Å². The molecule has 27 heavy (non-hydrogen) atoms. The van der Waals surface area contributed by atoms with Crippen molar-refractivity contribution in [3.63, 3.8) is 0 Å². The topological polar surface area (TPSA) is 63.9 Å². The number of hydrogen-bond donors (Lipinski definition) is 0. The van der Waals surface area contributed by atoms with E-state index in [-0.39, 0.29) is 11.8 Å². The van der Waals surface area contributed by atoms with Crippen molar-refractivity contribution in [2.24, 2.45) is 0 Å². The monoisotopic (exact) mass is 361 g/mol. The summed E-state index contributed by atoms with van der Waals surface area (Å²) >= 11 is 0. The largest absolute Gasteiger partial charge is 0.333 e. The molecule has 0 spiro atoms. The third-order valence-electron chi connectivity index (χ3n) is 5.02. The molecule has 0 unspecified atom stereocenters. The Balaban J connectivity index is 1.56. The Hall–Kier alpha value is -3.02. The van der Waals surface area contributed by atoms with Crippen molar-refractivity contribution in [3.8, 4) is 11.4 Å². The molecule has 1 aromatic carbocycles. The summed E-state index contributed by atoms with van der Waals surface area (Å²) in [4.78, 5) is 19.5. The summed E-state index contributed by atoms with van der Waals surface area (Å²) in [6.45, 7) is 3.96. The Bertz CT molecular complexity index is 907. The minimum atomic E-state index is -0.195. The number of carbonyl (C=O) groups excluding carboxylic acids is 1. The zero-order valence-corrected chi connectivity index (χ0v) is 15.5. The fraction of sp³-hybridized carbons (Fsp3) is 0.333. The predicted molar refractivity (Wildman–Crippen MR) is 103 cm³/mol. The van der Waals surface area contributed by atoms with Gasteiger partial charge in [-0.2, -0.15) is 0 Å². The number of aromatic nitrogens is 4. The van der Waals surface area contributed by atoms with Gasteiger partial charge in [0.25, 0.3) is 0 Å². The Morgan fingerprint density at radius 3 is 2.63 bits per heavy atom. The van der Waals surface area contributed by atoms with Crippen molar-refractivity contribution in [1.82, 2.24) is 24.6 Å². The second-order valence-electron chi connectivity index (χ2n) is 6.81. The highest BCUT2D eigenvalue weighted by atomic mass is 16.2. The van der Waals surface area contributed by atoms with Crippen LogP contribution in [0.4, 0.5) is 0 Å². The average molecular weight is 361 g/mol. The zero-order valence-electron chi connectivity index (χ0n) is 15.5. The van der Waals surface area contributed by atoms with E-state index in [1.807, 2.05) is 53.4 Å². The van der Waals surface area contributed by atoms with Gasteiger partial charge in [-0.25, -0.2) is 0 Å². The van der Waals surface area contributed by atoms with E-state index in [0.717, 1.165) is 35.7 Å². The van der Waals surface area contributed by atoms with Crippen LogP contribution in [-0.4, -0.2) is 37.1 Å². The Labute approximate surface area is 158 Å². The third-order valence-corrected chi connectivity index (χ3v) is 5.02. The number of amides is 1. The van der Waals surface area contributed by atoms with Gasteiger partial charge in [0.15, 0.2) is 11.6 Å². The molecule has 3 heterocycles. The molecular weight excluding hydrogens is 338 g/mol. The van der Waals surface area contributed by atoms with Crippen molar-refractivity contribution in [2.45, 2.75) is 38.8 Å². The molecule has 1 aliphatic heterocycles. The fourth-order valence-electron chi connectivity index (χ4n) is 3.64. The lowest BCUT2D eigenvalue weighted by atomic mass is 9.97. The van der Waals surface area contributed by atoms with Crippen LogP contribution in [0, 0.1) is 0 Å². The summed E-state index contributed by atoms with van der Waals surface area (Å²) in [5.74, 6) is 1.64. The number of fused-ring (bicyclic) bond motifs is 1. The van der Waals surface area contributed by atoms with Crippen LogP contribution < -0.4 is 0 Å². The van der Waals surface area contributed by atoms with Gasteiger partial charge in [-0.1, -0.05) is 49.7 Å². The second-order valence-corrected chi connectivity index (χ2v) is 6.81. The summed E-state index contributed by atoms with van der Waals surface area (Å²) in [5, 5.41) is 8.71. The van der Waals surface area contributed by atoms with Crippen LogP contribution >= 0.6 is 0 Å². The van der Waals surface area contributed by atoms with Crippen molar-refractivity contribution in [1.29, 1.82) is 0 Å². The normalized spacial score (nSPS) is 14.6. The lowest BCUT2D eigenvalue weighted by Gasteiger charge is -2.31. The van der Waals surface area contributed by atoms with Gasteiger partial charge in [0.05, 0.1) is 18.2 Å². The molecule has 6 heteroatoms. The lowest BCUT2D eigenvalue weighted by molar-refractivity contribution is -0.134. The molecule has 0 saturated heterocycles. The highest BCUT2D eigenvalue weighted by Gasteiger charge is 2.30. The summed E-state index contributed by atoms with van der Waals surface area (Å²) < 4.78 is 2.12. The van der Waals surface area contributed by atoms with Gasteiger partial charge in [-0.3, -0.25) is 9.78 Å². The molecule has 6 nitrogen and oxygen atoms in total. The van der Waals surface area contributed by atoms with Crippen LogP contribution in [0.1, 0.15) is 37.2 Å². The summed E-state index contributed by atoms with van der Waals surface area (Å²) in [6.07, 6.45) is 3.49. The molecule has 0 radical (unpaired) electrons. The summed E-state index contributed by atoms with van der Waals surface area (Å²) in [6, 6.07) is 15.8. The van der Waals surface area contributed by atoms with E-state index in [0.29, 0.717) is 19.6 Å². The maximum atomic E-state index is 13.2. The van der Waals surface area contributed by atoms with Crippen LogP contribution in [0.3, 0.4) is 0 Å². The predicted octanol–water partition coefficient (Wildman–Crippen LogP) is 3.27. The SMILES string of the molecule is CCC[C@H](C(=O)N1CCn2c(nnc2-c2ccccc2)C1)c1ccccn1. The third kappa shape index (κ3) is 3.47. The molecule has 0 saturated carbocycles. The first-order valence-electron chi connectivity index (χ1n) is 9.45. The van der Waals surface area contributed by atoms with Crippen LogP contribution in [0.25, 0.3) is 11.4 Å². The van der Waals surface area contributed by atoms with Gasteiger partial charge in [0.2, 0.25) is 5.91 Å². The maximum absolute atomic E-state index is 13.2. The lowest BCUT2D eigenvalue weighted by Crippen LogP contribution is -2.41. The zero-order chi connectivity index (χ0) is 18.6. The fourth-order valence-corrected chi connectivity index (χ4v) is 3.64. The summed E-state index contributed by atoms with van der Waals surface area (Å²) in [7, 11) is 0. The van der Waals surface area contributed by atoms with E-state index >= 15 is 0 Å². The molecule has 0 aliphatic carbocycles. The molecule has 1 aliphatic rings. The van der Waals surface area contributed by atoms with Crippen molar-refractivity contribution in [3.05, 3.63) is 66.2 Å². The van der Waals surface area contributed by atoms with E-state index in [9.17, 15) is 4.79 Å². The Morgan fingerprint density at radius 1 is 1.07 bits per heavy atom. The van der Waals surface area contributed by atoms with E-state index < -0.39 is 0 Å². The molecule has 3 aromatic rings. The molecule has 0 fully saturated rings. The van der Waals surface area contributed by atoms with E-state index in [1.165, 1.54) is 0 Å². The number of rotatable bonds is 5. The molecule has 0 N–H and O–H groups in total. The summed E-state index contributed by atoms with van der Waals surface area (Å²) in [5.41, 5.74) is 1.90. The molecule has 1 amide bonds. The van der Waals surface area contributed by atoms with E-state index in [1.54, 1.807) is 6.20 Å². The number of pyridine rings is 1. The number of carbonyl (C=O) groups is 1. The highest BCUT2D eigenvalue weighted by Crippen LogP contribution is 2.26. The van der Waals surface area contributed by atoms with E-state index in [2.05, 4.69) is 26.7 Å². The van der Waals surface area contributed by atoms with Gasteiger partial charge < -0.3 is 9.47 Å². The molecule has 138 valence electrons. The van der Waals surface area contributed by atoms with Gasteiger partial charge >= 0.3 is 0 Å². The number of hydrogen-bond acceptors (Lipinski definition) is 4. The Kier molecular flexibility index (Phi) is 4.96. The van der Waals surface area contributed by atoms with Gasteiger partial charge in [0, 0.05) is 24.8 Å². The molecule has 1 atom stereocenters. The van der Waals surface area contributed by atoms with E-state index in [4.69, 9.17) is 0 Å². The first-order chi connectivity index (χ1) is 13.3. The quantitative estimate of drug-likeness (QED) is 0.700. The smallest absolute Gasteiger partial charge is 0.232 e. The molecule has 4 rings (SSSR count). The van der Waals surface area contributed by atoms with Crippen LogP contribution in [-0.2, 0) is 17.9 Å². The standard InChI is InChI=1S/C21H23N5O/c1-2-8-17(18-11-6-7-12-22-18)21(27)25-13-14-26-19(15-25)23-24-20(26)16-9-4-3-5-10-16/h3-7,9-12,17H,2,8,13-15H2,1H3/t17-/m0/s1. The minimum absolute atomic E-state index is 0.131. The van der Waals surface area contributed by atoms with Gasteiger partial charge in [0.1, 0.15) is 0 Å². The Morgan fingerprint density at radius 2 is 1.89 bits per heavy atom. The minimum Gasteiger partial charge on any atom is -0.333 e. The average Bonchev–Trinajstić information content (AvgIpc) is 3.16. The first-order valence-corrected chi connectivity index (χ1v) is 9.45.